The van der Waals surface area contributed by atoms with Crippen molar-refractivity contribution < 1.29 is 23.5 Å². The van der Waals surface area contributed by atoms with Gasteiger partial charge in [-0.05, 0) is 79.2 Å². The molecule has 208 valence electrons. The summed E-state index contributed by atoms with van der Waals surface area (Å²) in [5.74, 6) is -1.17. The summed E-state index contributed by atoms with van der Waals surface area (Å²) in [7, 11) is 1.55. The number of halogens is 1. The smallest absolute Gasteiger partial charge is 0.272 e. The first kappa shape index (κ1) is 29.1. The fraction of sp³-hybridized carbons (Fsp3) is 0.0938. The molecule has 0 aromatic heterocycles. The molecule has 0 saturated carbocycles. The lowest BCUT2D eigenvalue weighted by atomic mass is 10.1. The summed E-state index contributed by atoms with van der Waals surface area (Å²) in [4.78, 5) is 39.4. The molecule has 1 atom stereocenters. The van der Waals surface area contributed by atoms with Crippen molar-refractivity contribution in [2.75, 3.05) is 17.7 Å². The second kappa shape index (κ2) is 14.0. The molecule has 4 rings (SSSR count). The van der Waals surface area contributed by atoms with Gasteiger partial charge >= 0.3 is 0 Å². The molecule has 0 fully saturated rings. The van der Waals surface area contributed by atoms with Gasteiger partial charge in [0.1, 0.15) is 17.3 Å². The molecule has 0 aliphatic heterocycles. The van der Waals surface area contributed by atoms with E-state index in [1.54, 1.807) is 111 Å². The Morgan fingerprint density at radius 1 is 0.854 bits per heavy atom. The van der Waals surface area contributed by atoms with E-state index in [9.17, 15) is 18.8 Å². The summed E-state index contributed by atoms with van der Waals surface area (Å²) < 4.78 is 19.1. The molecule has 3 amide bonds. The Morgan fingerprint density at radius 2 is 1.56 bits per heavy atom. The second-order valence-electron chi connectivity index (χ2n) is 8.86. The lowest BCUT2D eigenvalue weighted by Crippen LogP contribution is -2.30. The van der Waals surface area contributed by atoms with Crippen LogP contribution in [0.4, 0.5) is 15.8 Å². The Bertz CT molecular complexity index is 1560. The molecule has 0 saturated heterocycles. The molecular weight excluding hydrogens is 541 g/mol. The first-order valence-electron chi connectivity index (χ1n) is 12.7. The number of hydrogen-bond donors (Lipinski definition) is 3. The summed E-state index contributed by atoms with van der Waals surface area (Å²) >= 11 is 1.29. The number of benzene rings is 4. The molecule has 7 nitrogen and oxygen atoms in total. The molecule has 4 aromatic rings. The van der Waals surface area contributed by atoms with E-state index in [-0.39, 0.29) is 17.3 Å². The Labute approximate surface area is 241 Å². The molecule has 0 aliphatic carbocycles. The SMILES string of the molecule is COc1cccc(/C=C(\NC(=O)c2ccccc2)C(=O)Nc2ccc(SC(C)C(=O)Nc3ccccc3F)cc2)c1. The number of methoxy groups -OCH3 is 1. The third-order valence-corrected chi connectivity index (χ3v) is 6.97. The van der Waals surface area contributed by atoms with Gasteiger partial charge in [-0.1, -0.05) is 42.5 Å². The van der Waals surface area contributed by atoms with Crippen molar-refractivity contribution >= 4 is 46.9 Å². The predicted molar refractivity (Wildman–Crippen MR) is 160 cm³/mol. The maximum Gasteiger partial charge on any atom is 0.272 e. The maximum atomic E-state index is 13.9. The minimum Gasteiger partial charge on any atom is -0.497 e. The Balaban J connectivity index is 1.45. The van der Waals surface area contributed by atoms with E-state index in [4.69, 9.17) is 4.74 Å². The van der Waals surface area contributed by atoms with Crippen molar-refractivity contribution in [2.24, 2.45) is 0 Å². The number of anilines is 2. The monoisotopic (exact) mass is 569 g/mol. The largest absolute Gasteiger partial charge is 0.497 e. The number of carbonyl (C=O) groups is 3. The molecule has 4 aromatic carbocycles. The van der Waals surface area contributed by atoms with Crippen molar-refractivity contribution in [2.45, 2.75) is 17.1 Å². The lowest BCUT2D eigenvalue weighted by Gasteiger charge is -2.14. The summed E-state index contributed by atoms with van der Waals surface area (Å²) in [5.41, 5.74) is 1.74. The first-order chi connectivity index (χ1) is 19.8. The van der Waals surface area contributed by atoms with Gasteiger partial charge in [0.05, 0.1) is 18.0 Å². The second-order valence-corrected chi connectivity index (χ2v) is 10.3. The van der Waals surface area contributed by atoms with Crippen LogP contribution >= 0.6 is 11.8 Å². The average Bonchev–Trinajstić information content (AvgIpc) is 2.99. The Kier molecular flexibility index (Phi) is 9.90. The van der Waals surface area contributed by atoms with Gasteiger partial charge in [-0.2, -0.15) is 0 Å². The Morgan fingerprint density at radius 3 is 2.27 bits per heavy atom. The Hall–Kier alpha value is -4.89. The van der Waals surface area contributed by atoms with Gasteiger partial charge in [0.15, 0.2) is 0 Å². The number of amides is 3. The molecule has 1 unspecified atom stereocenters. The van der Waals surface area contributed by atoms with Crippen LogP contribution in [0.5, 0.6) is 5.75 Å². The highest BCUT2D eigenvalue weighted by Crippen LogP contribution is 2.26. The molecule has 41 heavy (non-hydrogen) atoms. The van der Waals surface area contributed by atoms with Crippen molar-refractivity contribution in [3.63, 3.8) is 0 Å². The van der Waals surface area contributed by atoms with Crippen LogP contribution < -0.4 is 20.7 Å². The molecule has 0 radical (unpaired) electrons. The predicted octanol–water partition coefficient (Wildman–Crippen LogP) is 6.36. The average molecular weight is 570 g/mol. The summed E-state index contributed by atoms with van der Waals surface area (Å²) in [6.07, 6.45) is 1.57. The van der Waals surface area contributed by atoms with Gasteiger partial charge in [-0.15, -0.1) is 11.8 Å². The van der Waals surface area contributed by atoms with E-state index in [1.165, 1.54) is 23.9 Å². The number of ether oxygens (including phenoxy) is 1. The number of para-hydroxylation sites is 1. The number of thioether (sulfide) groups is 1. The van der Waals surface area contributed by atoms with E-state index in [2.05, 4.69) is 16.0 Å². The van der Waals surface area contributed by atoms with Crippen LogP contribution in [-0.4, -0.2) is 30.1 Å². The zero-order chi connectivity index (χ0) is 29.2. The van der Waals surface area contributed by atoms with Gasteiger partial charge in [0.25, 0.3) is 11.8 Å². The van der Waals surface area contributed by atoms with Crippen LogP contribution in [0.1, 0.15) is 22.8 Å². The van der Waals surface area contributed by atoms with E-state index in [0.717, 1.165) is 4.90 Å². The normalized spacial score (nSPS) is 11.7. The van der Waals surface area contributed by atoms with Crippen LogP contribution in [0.15, 0.2) is 114 Å². The van der Waals surface area contributed by atoms with Crippen LogP contribution in [0.3, 0.4) is 0 Å². The maximum absolute atomic E-state index is 13.9. The van der Waals surface area contributed by atoms with Crippen LogP contribution in [-0.2, 0) is 9.59 Å². The molecule has 0 spiro atoms. The van der Waals surface area contributed by atoms with Crippen LogP contribution in [0, 0.1) is 5.82 Å². The molecule has 0 heterocycles. The number of hydrogen-bond acceptors (Lipinski definition) is 5. The summed E-state index contributed by atoms with van der Waals surface area (Å²) in [5, 5.41) is 7.61. The van der Waals surface area contributed by atoms with Gasteiger partial charge in [0.2, 0.25) is 5.91 Å². The third-order valence-electron chi connectivity index (χ3n) is 5.86. The molecule has 3 N–H and O–H groups in total. The van der Waals surface area contributed by atoms with Crippen LogP contribution in [0.25, 0.3) is 6.08 Å². The fourth-order valence-corrected chi connectivity index (χ4v) is 4.58. The quantitative estimate of drug-likeness (QED) is 0.153. The standard InChI is InChI=1S/C32H28FN3O4S/c1-21(30(37)35-28-14-7-6-13-27(28)33)41-26-17-15-24(16-18-26)34-32(39)29(20-22-9-8-12-25(19-22)40-2)36-31(38)23-10-4-3-5-11-23/h3-21H,1-2H3,(H,34,39)(H,35,37)(H,36,38)/b29-20-. The number of rotatable bonds is 10. The molecule has 9 heteroatoms. The molecular formula is C32H28FN3O4S. The van der Waals surface area contributed by atoms with E-state index < -0.39 is 22.9 Å². The van der Waals surface area contributed by atoms with Crippen molar-refractivity contribution in [3.05, 3.63) is 126 Å². The topological polar surface area (TPSA) is 96.5 Å². The fourth-order valence-electron chi connectivity index (χ4n) is 3.71. The number of nitrogens with one attached hydrogen (secondary N) is 3. The molecule has 0 bridgehead atoms. The van der Waals surface area contributed by atoms with Gasteiger partial charge < -0.3 is 20.7 Å². The van der Waals surface area contributed by atoms with Gasteiger partial charge in [-0.3, -0.25) is 14.4 Å². The van der Waals surface area contributed by atoms with Crippen molar-refractivity contribution in [1.82, 2.24) is 5.32 Å². The highest BCUT2D eigenvalue weighted by atomic mass is 32.2. The van der Waals surface area contributed by atoms with E-state index in [1.807, 2.05) is 0 Å². The van der Waals surface area contributed by atoms with E-state index in [0.29, 0.717) is 22.6 Å². The first-order valence-corrected chi connectivity index (χ1v) is 13.6. The number of carbonyl (C=O) groups excluding carboxylic acids is 3. The van der Waals surface area contributed by atoms with E-state index >= 15 is 0 Å². The van der Waals surface area contributed by atoms with Crippen molar-refractivity contribution in [3.8, 4) is 5.75 Å². The van der Waals surface area contributed by atoms with Gasteiger partial charge in [0, 0.05) is 16.1 Å². The summed E-state index contributed by atoms with van der Waals surface area (Å²) in [6.45, 7) is 1.72. The van der Waals surface area contributed by atoms with Crippen molar-refractivity contribution in [1.29, 1.82) is 0 Å². The highest BCUT2D eigenvalue weighted by Gasteiger charge is 2.18. The molecule has 0 aliphatic rings. The summed E-state index contributed by atoms with van der Waals surface area (Å²) in [6, 6.07) is 28.6. The minimum atomic E-state index is -0.518. The van der Waals surface area contributed by atoms with Crippen LogP contribution in [0.2, 0.25) is 0 Å². The third kappa shape index (κ3) is 8.30. The zero-order valence-corrected chi connectivity index (χ0v) is 23.2. The van der Waals surface area contributed by atoms with Gasteiger partial charge in [-0.25, -0.2) is 4.39 Å². The zero-order valence-electron chi connectivity index (χ0n) is 22.4. The highest BCUT2D eigenvalue weighted by molar-refractivity contribution is 8.00. The lowest BCUT2D eigenvalue weighted by molar-refractivity contribution is -0.115. The minimum absolute atomic E-state index is 0.0454.